The fourth-order valence-corrected chi connectivity index (χ4v) is 10.5. The van der Waals surface area contributed by atoms with Gasteiger partial charge in [-0.1, -0.05) is 188 Å². The topological polar surface area (TPSA) is 109 Å². The quantitative estimate of drug-likeness (QED) is 0.120. The van der Waals surface area contributed by atoms with Crippen LogP contribution in [0.1, 0.15) is 237 Å². The maximum atomic E-state index is 11.8. The lowest BCUT2D eigenvalue weighted by Crippen LogP contribution is -2.49. The van der Waals surface area contributed by atoms with Crippen molar-refractivity contribution in [3.8, 4) is 23.0 Å². The summed E-state index contributed by atoms with van der Waals surface area (Å²) in [4.78, 5) is 13.9. The lowest BCUT2D eigenvalue weighted by molar-refractivity contribution is 0.120. The number of amidine groups is 2. The summed E-state index contributed by atoms with van der Waals surface area (Å²) < 4.78 is 0. The van der Waals surface area contributed by atoms with E-state index in [0.29, 0.717) is 49.4 Å². The van der Waals surface area contributed by atoms with E-state index >= 15 is 0 Å². The molecular formula is C64H95N3O4. The summed E-state index contributed by atoms with van der Waals surface area (Å²) in [5.74, 6) is 3.16. The zero-order valence-corrected chi connectivity index (χ0v) is 48.6. The number of hydrogen-bond donors (Lipinski definition) is 4. The lowest BCUT2D eigenvalue weighted by atomic mass is 9.76. The van der Waals surface area contributed by atoms with Gasteiger partial charge in [-0.25, -0.2) is 9.98 Å². The van der Waals surface area contributed by atoms with Crippen molar-refractivity contribution >= 4 is 11.7 Å². The number of aliphatic imine (C=N–C) groups is 2. The molecule has 5 rings (SSSR count). The second-order valence-electron chi connectivity index (χ2n) is 28.3. The van der Waals surface area contributed by atoms with Crippen LogP contribution in [0.2, 0.25) is 0 Å². The van der Waals surface area contributed by atoms with E-state index in [9.17, 15) is 20.4 Å². The maximum absolute atomic E-state index is 11.8. The summed E-state index contributed by atoms with van der Waals surface area (Å²) >= 11 is 0. The van der Waals surface area contributed by atoms with Gasteiger partial charge in [0.15, 0.2) is 0 Å². The van der Waals surface area contributed by atoms with E-state index in [1.807, 2.05) is 13.0 Å². The van der Waals surface area contributed by atoms with Crippen molar-refractivity contribution in [2.24, 2.45) is 15.4 Å². The van der Waals surface area contributed by atoms with Gasteiger partial charge in [-0.05, 0) is 150 Å². The highest BCUT2D eigenvalue weighted by atomic mass is 16.3. The molecule has 0 amide bonds. The summed E-state index contributed by atoms with van der Waals surface area (Å²) in [7, 11) is 0. The highest BCUT2D eigenvalue weighted by molar-refractivity contribution is 5.99. The minimum Gasteiger partial charge on any atom is -0.508 e. The first-order valence-electron chi connectivity index (χ1n) is 26.4. The predicted molar refractivity (Wildman–Crippen MR) is 302 cm³/mol. The number of hydrogen-bond acceptors (Lipinski definition) is 7. The van der Waals surface area contributed by atoms with Gasteiger partial charge in [-0.2, -0.15) is 0 Å². The van der Waals surface area contributed by atoms with Crippen molar-refractivity contribution in [1.29, 1.82) is 0 Å². The molecule has 0 saturated carbocycles. The Morgan fingerprint density at radius 3 is 1.14 bits per heavy atom. The Hall–Kier alpha value is -4.78. The molecule has 0 radical (unpaired) electrons. The molecule has 1 aliphatic rings. The van der Waals surface area contributed by atoms with Crippen molar-refractivity contribution in [3.63, 3.8) is 0 Å². The van der Waals surface area contributed by atoms with Gasteiger partial charge in [-0.15, -0.1) is 0 Å². The molecule has 71 heavy (non-hydrogen) atoms. The number of phenolic OH excluding ortho intramolecular Hbond substituents is 4. The van der Waals surface area contributed by atoms with Crippen LogP contribution in [0, 0.1) is 19.3 Å². The molecule has 7 nitrogen and oxygen atoms in total. The summed E-state index contributed by atoms with van der Waals surface area (Å²) in [5, 5.41) is 46.6. The van der Waals surface area contributed by atoms with Crippen LogP contribution in [-0.4, -0.2) is 43.2 Å². The van der Waals surface area contributed by atoms with Crippen LogP contribution >= 0.6 is 0 Å². The molecule has 1 heterocycles. The molecule has 0 aliphatic carbocycles. The molecule has 0 saturated heterocycles. The number of aromatic hydroxyl groups is 4. The third-order valence-corrected chi connectivity index (χ3v) is 14.6. The van der Waals surface area contributed by atoms with Crippen molar-refractivity contribution in [1.82, 2.24) is 4.90 Å². The minimum atomic E-state index is -0.331. The zero-order valence-electron chi connectivity index (χ0n) is 48.6. The van der Waals surface area contributed by atoms with Gasteiger partial charge in [0.25, 0.3) is 0 Å². The zero-order chi connectivity index (χ0) is 53.9. The highest BCUT2D eigenvalue weighted by Gasteiger charge is 2.42. The molecule has 4 aromatic rings. The fourth-order valence-electron chi connectivity index (χ4n) is 10.5. The molecule has 0 fully saturated rings. The lowest BCUT2D eigenvalue weighted by Gasteiger charge is -2.48. The standard InChI is InChI=1S/C64H95N3O4/c1-38-24-28-49(68)39(2)53(38)57(64(21,22)23)67-51(30-26-41-34-45(60(9,10)11)55(70)46(35-41)61(12,13)14)65-50(29-25-40-32-43(58(3,4)5)54(69)44(33-40)59(6,7)8)66-52(67)31-27-42-36-47(62(15,16)17)56(71)48(37-42)63(18,19)20/h24,28,32-37,51,57,68-71H,25-27,29-31H2,1-23H3. The Balaban J connectivity index is 1.79. The molecule has 4 N–H and O–H groups in total. The van der Waals surface area contributed by atoms with Gasteiger partial charge < -0.3 is 25.3 Å². The molecular weight excluding hydrogens is 875 g/mol. The average Bonchev–Trinajstić information content (AvgIpc) is 3.19. The Kier molecular flexibility index (Phi) is 16.0. The smallest absolute Gasteiger partial charge is 0.128 e. The van der Waals surface area contributed by atoms with Crippen LogP contribution < -0.4 is 0 Å². The number of aryl methyl sites for hydroxylation is 4. The summed E-state index contributed by atoms with van der Waals surface area (Å²) in [6.07, 6.45) is 3.72. The van der Waals surface area contributed by atoms with Crippen LogP contribution in [-0.2, 0) is 51.8 Å². The number of benzene rings is 4. The monoisotopic (exact) mass is 970 g/mol. The minimum absolute atomic E-state index is 0.213. The third-order valence-electron chi connectivity index (χ3n) is 14.6. The van der Waals surface area contributed by atoms with Crippen molar-refractivity contribution in [2.75, 3.05) is 0 Å². The first kappa shape index (κ1) is 57.1. The third kappa shape index (κ3) is 13.1. The Morgan fingerprint density at radius 1 is 0.465 bits per heavy atom. The van der Waals surface area contributed by atoms with E-state index in [1.54, 1.807) is 6.07 Å². The van der Waals surface area contributed by atoms with Crippen LogP contribution in [0.5, 0.6) is 23.0 Å². The van der Waals surface area contributed by atoms with Crippen molar-refractivity contribution in [3.05, 3.63) is 115 Å². The van der Waals surface area contributed by atoms with Gasteiger partial charge in [0.2, 0.25) is 0 Å². The first-order valence-corrected chi connectivity index (χ1v) is 26.4. The molecule has 1 aliphatic heterocycles. The van der Waals surface area contributed by atoms with E-state index in [-0.39, 0.29) is 55.9 Å². The summed E-state index contributed by atoms with van der Waals surface area (Å²) in [6, 6.07) is 16.8. The number of phenols is 4. The van der Waals surface area contributed by atoms with E-state index in [2.05, 4.69) is 194 Å². The first-order chi connectivity index (χ1) is 32.1. The molecule has 0 spiro atoms. The van der Waals surface area contributed by atoms with Gasteiger partial charge in [0, 0.05) is 12.8 Å². The molecule has 2 unspecified atom stereocenters. The fraction of sp³-hybridized carbons (Fsp3) is 0.594. The Bertz CT molecular complexity index is 2550. The molecule has 0 aromatic heterocycles. The second-order valence-corrected chi connectivity index (χ2v) is 28.3. The Labute approximate surface area is 431 Å². The van der Waals surface area contributed by atoms with Crippen LogP contribution in [0.3, 0.4) is 0 Å². The largest absolute Gasteiger partial charge is 0.508 e. The summed E-state index contributed by atoms with van der Waals surface area (Å²) in [6.45, 7) is 50.0. The molecule has 4 aromatic carbocycles. The van der Waals surface area contributed by atoms with Gasteiger partial charge >= 0.3 is 0 Å². The van der Waals surface area contributed by atoms with E-state index < -0.39 is 0 Å². The predicted octanol–water partition coefficient (Wildman–Crippen LogP) is 16.3. The van der Waals surface area contributed by atoms with Gasteiger partial charge in [0.1, 0.15) is 40.8 Å². The number of nitrogens with zero attached hydrogens (tertiary/aromatic N) is 3. The molecule has 2 atom stereocenters. The van der Waals surface area contributed by atoms with Crippen LogP contribution in [0.4, 0.5) is 0 Å². The average molecular weight is 970 g/mol. The number of rotatable bonds is 11. The van der Waals surface area contributed by atoms with Crippen molar-refractivity contribution < 1.29 is 20.4 Å². The molecule has 0 bridgehead atoms. The second kappa shape index (κ2) is 19.9. The van der Waals surface area contributed by atoms with E-state index in [0.717, 1.165) is 84.9 Å². The van der Waals surface area contributed by atoms with E-state index in [1.165, 1.54) is 0 Å². The highest BCUT2D eigenvalue weighted by Crippen LogP contribution is 2.48. The van der Waals surface area contributed by atoms with Gasteiger partial charge in [0.05, 0.1) is 6.04 Å². The normalized spacial score (nSPS) is 16.0. The van der Waals surface area contributed by atoms with Crippen LogP contribution in [0.25, 0.3) is 0 Å². The van der Waals surface area contributed by atoms with E-state index in [4.69, 9.17) is 9.98 Å². The van der Waals surface area contributed by atoms with Crippen LogP contribution in [0.15, 0.2) is 58.5 Å². The maximum Gasteiger partial charge on any atom is 0.128 e. The van der Waals surface area contributed by atoms with Crippen molar-refractivity contribution in [2.45, 2.75) is 242 Å². The molecule has 7 heteroatoms. The van der Waals surface area contributed by atoms with Gasteiger partial charge in [-0.3, -0.25) is 0 Å². The molecule has 390 valence electrons. The summed E-state index contributed by atoms with van der Waals surface area (Å²) in [5.41, 5.74) is 10.2. The Morgan fingerprint density at radius 2 is 0.803 bits per heavy atom. The SMILES string of the molecule is Cc1ccc(O)c(C)c1C(N1C(CCc2cc(C(C)(C)C)c(O)c(C(C)(C)C)c2)=NC(CCc2cc(C(C)(C)C)c(O)c(C(C)(C)C)c2)=NC1CCc1cc(C(C)(C)C)c(O)c(C(C)(C)C)c1)C(C)(C)C.